The van der Waals surface area contributed by atoms with Crippen LogP contribution in [0.3, 0.4) is 0 Å². The number of aromatic nitrogens is 3. The molecule has 0 aliphatic carbocycles. The molecule has 0 spiro atoms. The highest BCUT2D eigenvalue weighted by Gasteiger charge is 1.99. The summed E-state index contributed by atoms with van der Waals surface area (Å²) in [6.07, 6.45) is 7.40. The normalized spacial score (nSPS) is 10.2. The minimum atomic E-state index is 0.642. The number of nitrogens with zero attached hydrogens (tertiary/aromatic N) is 2. The summed E-state index contributed by atoms with van der Waals surface area (Å²) in [6.45, 7) is 0.770. The number of hydrogen-bond acceptors (Lipinski definition) is 4. The van der Waals surface area contributed by atoms with E-state index in [0.29, 0.717) is 5.95 Å². The number of H-pyrrole nitrogens is 1. The molecule has 2 aromatic rings. The Morgan fingerprint density at radius 1 is 1.27 bits per heavy atom. The zero-order chi connectivity index (χ0) is 10.5. The van der Waals surface area contributed by atoms with Gasteiger partial charge in [-0.2, -0.15) is 12.6 Å². The van der Waals surface area contributed by atoms with Crippen LogP contribution < -0.4 is 5.32 Å². The largest absolute Gasteiger partial charge is 0.367 e. The molecule has 15 heavy (non-hydrogen) atoms. The second kappa shape index (κ2) is 4.84. The van der Waals surface area contributed by atoms with Gasteiger partial charge in [0, 0.05) is 48.2 Å². The van der Waals surface area contributed by atoms with E-state index in [4.69, 9.17) is 0 Å². The van der Waals surface area contributed by atoms with Gasteiger partial charge >= 0.3 is 0 Å². The third-order valence-corrected chi connectivity index (χ3v) is 2.20. The predicted molar refractivity (Wildman–Crippen MR) is 64.2 cm³/mol. The first-order valence-electron chi connectivity index (χ1n) is 4.70. The summed E-state index contributed by atoms with van der Waals surface area (Å²) in [7, 11) is 0. The van der Waals surface area contributed by atoms with Gasteiger partial charge < -0.3 is 10.3 Å². The number of aromatic amines is 1. The van der Waals surface area contributed by atoms with E-state index in [1.54, 1.807) is 12.4 Å². The molecule has 4 nitrogen and oxygen atoms in total. The molecule has 0 aromatic carbocycles. The first-order valence-corrected chi connectivity index (χ1v) is 5.33. The van der Waals surface area contributed by atoms with Crippen molar-refractivity contribution in [3.8, 4) is 11.1 Å². The second-order valence-electron chi connectivity index (χ2n) is 3.05. The zero-order valence-corrected chi connectivity index (χ0v) is 9.04. The molecule has 0 unspecified atom stereocenters. The fourth-order valence-corrected chi connectivity index (χ4v) is 1.35. The van der Waals surface area contributed by atoms with E-state index in [2.05, 4.69) is 32.9 Å². The topological polar surface area (TPSA) is 53.6 Å². The van der Waals surface area contributed by atoms with Gasteiger partial charge in [0.2, 0.25) is 5.95 Å². The summed E-state index contributed by atoms with van der Waals surface area (Å²) in [6, 6.07) is 1.99. The Morgan fingerprint density at radius 2 is 2.07 bits per heavy atom. The van der Waals surface area contributed by atoms with Gasteiger partial charge in [-0.15, -0.1) is 0 Å². The number of nitrogens with one attached hydrogen (secondary N) is 2. The number of anilines is 1. The fourth-order valence-electron chi connectivity index (χ4n) is 1.24. The van der Waals surface area contributed by atoms with Crippen LogP contribution in [0.4, 0.5) is 5.95 Å². The van der Waals surface area contributed by atoms with Crippen molar-refractivity contribution in [2.45, 2.75) is 0 Å². The summed E-state index contributed by atoms with van der Waals surface area (Å²) >= 11 is 4.10. The molecule has 0 fully saturated rings. The maximum Gasteiger partial charge on any atom is 0.222 e. The predicted octanol–water partition coefficient (Wildman–Crippen LogP) is 1.81. The molecular formula is C10H12N4S. The molecule has 2 aromatic heterocycles. The third-order valence-electron chi connectivity index (χ3n) is 1.98. The second-order valence-corrected chi connectivity index (χ2v) is 3.49. The SMILES string of the molecule is SCCNc1ncc(-c2cc[nH]c2)cn1. The van der Waals surface area contributed by atoms with Gasteiger partial charge in [0.05, 0.1) is 0 Å². The Labute approximate surface area is 93.6 Å². The Kier molecular flexibility index (Phi) is 3.24. The molecular weight excluding hydrogens is 208 g/mol. The molecule has 5 heteroatoms. The quantitative estimate of drug-likeness (QED) is 0.689. The summed E-state index contributed by atoms with van der Waals surface area (Å²) in [5, 5.41) is 3.06. The van der Waals surface area contributed by atoms with E-state index in [-0.39, 0.29) is 0 Å². The highest BCUT2D eigenvalue weighted by Crippen LogP contribution is 2.16. The van der Waals surface area contributed by atoms with E-state index in [9.17, 15) is 0 Å². The van der Waals surface area contributed by atoms with Gasteiger partial charge in [-0.1, -0.05) is 0 Å². The Bertz CT molecular complexity index is 396. The zero-order valence-electron chi connectivity index (χ0n) is 8.14. The maximum absolute atomic E-state index is 4.20. The van der Waals surface area contributed by atoms with Crippen molar-refractivity contribution in [2.24, 2.45) is 0 Å². The summed E-state index contributed by atoms with van der Waals surface area (Å²) < 4.78 is 0. The van der Waals surface area contributed by atoms with Gasteiger partial charge in [-0.3, -0.25) is 0 Å². The van der Waals surface area contributed by atoms with Crippen molar-refractivity contribution in [3.05, 3.63) is 30.9 Å². The smallest absolute Gasteiger partial charge is 0.222 e. The lowest BCUT2D eigenvalue weighted by atomic mass is 10.2. The molecule has 78 valence electrons. The molecule has 0 saturated carbocycles. The van der Waals surface area contributed by atoms with Crippen LogP contribution in [0, 0.1) is 0 Å². The summed E-state index contributed by atoms with van der Waals surface area (Å²) in [4.78, 5) is 11.4. The third kappa shape index (κ3) is 2.50. The molecule has 0 aliphatic rings. The molecule has 0 aliphatic heterocycles. The number of rotatable bonds is 4. The van der Waals surface area contributed by atoms with Crippen molar-refractivity contribution in [1.29, 1.82) is 0 Å². The van der Waals surface area contributed by atoms with Crippen LogP contribution in [-0.2, 0) is 0 Å². The standard InChI is InChI=1S/C10H12N4S/c15-4-3-12-10-13-6-9(7-14-10)8-1-2-11-5-8/h1-2,5-7,11,15H,3-4H2,(H,12,13,14). The van der Waals surface area contributed by atoms with E-state index in [1.807, 2.05) is 18.5 Å². The minimum Gasteiger partial charge on any atom is -0.367 e. The van der Waals surface area contributed by atoms with Crippen LogP contribution in [0.15, 0.2) is 30.9 Å². The molecule has 0 radical (unpaired) electrons. The van der Waals surface area contributed by atoms with Crippen LogP contribution in [0.5, 0.6) is 0 Å². The van der Waals surface area contributed by atoms with Crippen LogP contribution in [0.2, 0.25) is 0 Å². The average Bonchev–Trinajstić information content (AvgIpc) is 2.80. The lowest BCUT2D eigenvalue weighted by Crippen LogP contribution is -2.05. The summed E-state index contributed by atoms with van der Waals surface area (Å²) in [5.41, 5.74) is 2.10. The highest BCUT2D eigenvalue weighted by atomic mass is 32.1. The van der Waals surface area contributed by atoms with Crippen LogP contribution in [0.1, 0.15) is 0 Å². The van der Waals surface area contributed by atoms with E-state index < -0.39 is 0 Å². The minimum absolute atomic E-state index is 0.642. The van der Waals surface area contributed by atoms with Crippen LogP contribution >= 0.6 is 12.6 Å². The Morgan fingerprint density at radius 3 is 2.67 bits per heavy atom. The average molecular weight is 220 g/mol. The van der Waals surface area contributed by atoms with E-state index in [1.165, 1.54) is 0 Å². The highest BCUT2D eigenvalue weighted by molar-refractivity contribution is 7.80. The van der Waals surface area contributed by atoms with Crippen molar-refractivity contribution in [2.75, 3.05) is 17.6 Å². The molecule has 2 rings (SSSR count). The van der Waals surface area contributed by atoms with E-state index in [0.717, 1.165) is 23.4 Å². The van der Waals surface area contributed by atoms with Gasteiger partial charge in [-0.05, 0) is 6.07 Å². The fraction of sp³-hybridized carbons (Fsp3) is 0.200. The van der Waals surface area contributed by atoms with Crippen LogP contribution in [-0.4, -0.2) is 27.2 Å². The Balaban J connectivity index is 2.11. The van der Waals surface area contributed by atoms with Crippen molar-refractivity contribution in [1.82, 2.24) is 15.0 Å². The molecule has 0 amide bonds. The van der Waals surface area contributed by atoms with Gasteiger partial charge in [0.15, 0.2) is 0 Å². The van der Waals surface area contributed by atoms with Gasteiger partial charge in [-0.25, -0.2) is 9.97 Å². The van der Waals surface area contributed by atoms with E-state index >= 15 is 0 Å². The molecule has 2 heterocycles. The lowest BCUT2D eigenvalue weighted by molar-refractivity contribution is 1.09. The summed E-state index contributed by atoms with van der Waals surface area (Å²) in [5.74, 6) is 1.41. The first kappa shape index (κ1) is 10.0. The van der Waals surface area contributed by atoms with Crippen molar-refractivity contribution in [3.63, 3.8) is 0 Å². The first-order chi connectivity index (χ1) is 7.40. The van der Waals surface area contributed by atoms with Gasteiger partial charge in [0.25, 0.3) is 0 Å². The molecule has 2 N–H and O–H groups in total. The number of hydrogen-bond donors (Lipinski definition) is 3. The lowest BCUT2D eigenvalue weighted by Gasteiger charge is -2.02. The van der Waals surface area contributed by atoms with Crippen LogP contribution in [0.25, 0.3) is 11.1 Å². The molecule has 0 bridgehead atoms. The molecule has 0 saturated heterocycles. The van der Waals surface area contributed by atoms with Crippen molar-refractivity contribution < 1.29 is 0 Å². The maximum atomic E-state index is 4.20. The monoisotopic (exact) mass is 220 g/mol. The van der Waals surface area contributed by atoms with Crippen molar-refractivity contribution >= 4 is 18.6 Å². The number of thiol groups is 1. The van der Waals surface area contributed by atoms with Gasteiger partial charge in [0.1, 0.15) is 0 Å². The molecule has 0 atom stereocenters. The Hall–Kier alpha value is -1.49.